The first-order chi connectivity index (χ1) is 8.66. The van der Waals surface area contributed by atoms with Crippen LogP contribution in [0.5, 0.6) is 0 Å². The summed E-state index contributed by atoms with van der Waals surface area (Å²) in [6, 6.07) is -1.46. The summed E-state index contributed by atoms with van der Waals surface area (Å²) in [6.07, 6.45) is 1.14. The first-order valence-corrected chi connectivity index (χ1v) is 7.50. The minimum absolute atomic E-state index is 0.291. The Hall–Kier alpha value is -1.61. The molecule has 8 nitrogen and oxygen atoms in total. The minimum Gasteiger partial charge on any atom is -0.341 e. The third-order valence-electron chi connectivity index (χ3n) is 2.41. The molecule has 106 valence electrons. The molecule has 0 saturated heterocycles. The Balaban J connectivity index is 3.01. The number of hydrogen-bond acceptors (Lipinski definition) is 5. The van der Waals surface area contributed by atoms with Crippen LogP contribution in [-0.4, -0.2) is 37.0 Å². The highest BCUT2D eigenvalue weighted by Gasteiger charge is 2.22. The van der Waals surface area contributed by atoms with Gasteiger partial charge in [0, 0.05) is 23.9 Å². The second-order valence-corrected chi connectivity index (χ2v) is 6.23. The number of amides is 3. The molecule has 0 bridgehead atoms. The van der Waals surface area contributed by atoms with Crippen LogP contribution in [0.4, 0.5) is 4.79 Å². The molecule has 0 aliphatic rings. The number of aryl methyl sites for hydroxylation is 1. The number of nitrogens with one attached hydrogen (secondary N) is 2. The van der Waals surface area contributed by atoms with Gasteiger partial charge >= 0.3 is 6.03 Å². The van der Waals surface area contributed by atoms with Crippen molar-refractivity contribution in [2.75, 3.05) is 7.05 Å². The van der Waals surface area contributed by atoms with Crippen molar-refractivity contribution in [1.82, 2.24) is 20.2 Å². The van der Waals surface area contributed by atoms with E-state index in [1.54, 1.807) is 0 Å². The molecule has 0 radical (unpaired) electrons. The van der Waals surface area contributed by atoms with Gasteiger partial charge in [0.25, 0.3) is 15.0 Å². The van der Waals surface area contributed by atoms with Crippen LogP contribution in [0.1, 0.15) is 18.8 Å². The third kappa shape index (κ3) is 3.67. The van der Waals surface area contributed by atoms with Gasteiger partial charge in [0.15, 0.2) is 5.03 Å². The summed E-state index contributed by atoms with van der Waals surface area (Å²) < 4.78 is 23.6. The molecule has 10 heteroatoms. The molecule has 3 amide bonds. The van der Waals surface area contributed by atoms with Crippen LogP contribution in [0.25, 0.3) is 0 Å². The van der Waals surface area contributed by atoms with Crippen molar-refractivity contribution >= 4 is 31.7 Å². The molecular formula is C9H13ClN4O4S. The van der Waals surface area contributed by atoms with E-state index in [0.717, 1.165) is 6.20 Å². The van der Waals surface area contributed by atoms with Gasteiger partial charge in [-0.3, -0.25) is 10.1 Å². The number of carbonyl (C=O) groups is 2. The monoisotopic (exact) mass is 308 g/mol. The molecule has 1 atom stereocenters. The summed E-state index contributed by atoms with van der Waals surface area (Å²) in [4.78, 5) is 26.5. The van der Waals surface area contributed by atoms with Gasteiger partial charge in [0.05, 0.1) is 0 Å². The molecule has 19 heavy (non-hydrogen) atoms. The van der Waals surface area contributed by atoms with Crippen LogP contribution in [0.15, 0.2) is 11.2 Å². The highest BCUT2D eigenvalue weighted by molar-refractivity contribution is 8.13. The second-order valence-electron chi connectivity index (χ2n) is 3.72. The summed E-state index contributed by atoms with van der Waals surface area (Å²) in [5.74, 6) is -0.308. The SMILES string of the molecule is CNC(=O)NC(=O)C(C)n1cc(S(=O)(=O)Cl)nc1C. The van der Waals surface area contributed by atoms with E-state index in [1.807, 2.05) is 0 Å². The van der Waals surface area contributed by atoms with Crippen molar-refractivity contribution in [3.63, 3.8) is 0 Å². The lowest BCUT2D eigenvalue weighted by atomic mass is 10.3. The van der Waals surface area contributed by atoms with E-state index in [-0.39, 0.29) is 5.03 Å². The van der Waals surface area contributed by atoms with Gasteiger partial charge in [0.1, 0.15) is 11.9 Å². The largest absolute Gasteiger partial charge is 0.341 e. The average molecular weight is 309 g/mol. The van der Waals surface area contributed by atoms with Crippen LogP contribution >= 0.6 is 10.7 Å². The molecule has 0 aliphatic heterocycles. The maximum absolute atomic E-state index is 11.7. The fourth-order valence-electron chi connectivity index (χ4n) is 1.37. The van der Waals surface area contributed by atoms with Gasteiger partial charge < -0.3 is 9.88 Å². The van der Waals surface area contributed by atoms with E-state index in [1.165, 1.54) is 25.5 Å². The van der Waals surface area contributed by atoms with Crippen molar-refractivity contribution < 1.29 is 18.0 Å². The third-order valence-corrected chi connectivity index (χ3v) is 3.58. The smallest absolute Gasteiger partial charge is 0.321 e. The van der Waals surface area contributed by atoms with Crippen LogP contribution in [-0.2, 0) is 13.8 Å². The summed E-state index contributed by atoms with van der Waals surface area (Å²) >= 11 is 0. The zero-order valence-corrected chi connectivity index (χ0v) is 12.0. The Bertz CT molecular complexity index is 610. The quantitative estimate of drug-likeness (QED) is 0.771. The normalized spacial score (nSPS) is 12.8. The van der Waals surface area contributed by atoms with E-state index in [2.05, 4.69) is 15.6 Å². The molecule has 1 aromatic rings. The predicted molar refractivity (Wildman–Crippen MR) is 67.3 cm³/mol. The van der Waals surface area contributed by atoms with Gasteiger partial charge in [-0.05, 0) is 13.8 Å². The van der Waals surface area contributed by atoms with Gasteiger partial charge in [-0.25, -0.2) is 18.2 Å². The number of urea groups is 1. The lowest BCUT2D eigenvalue weighted by Gasteiger charge is -2.13. The van der Waals surface area contributed by atoms with Crippen LogP contribution < -0.4 is 10.6 Å². The Labute approximate surface area is 114 Å². The number of nitrogens with zero attached hydrogens (tertiary/aromatic N) is 2. The molecule has 1 heterocycles. The number of halogens is 1. The van der Waals surface area contributed by atoms with E-state index < -0.39 is 27.0 Å². The Kier molecular flexibility index (Phi) is 4.53. The van der Waals surface area contributed by atoms with Crippen molar-refractivity contribution in [3.8, 4) is 0 Å². The number of hydrogen-bond donors (Lipinski definition) is 2. The van der Waals surface area contributed by atoms with Crippen LogP contribution in [0, 0.1) is 6.92 Å². The fourth-order valence-corrected chi connectivity index (χ4v) is 2.08. The van der Waals surface area contributed by atoms with E-state index in [0.29, 0.717) is 5.82 Å². The molecule has 1 unspecified atom stereocenters. The number of imide groups is 1. The molecular weight excluding hydrogens is 296 g/mol. The second kappa shape index (κ2) is 5.57. The molecule has 0 aromatic carbocycles. The molecule has 1 aromatic heterocycles. The number of rotatable bonds is 3. The van der Waals surface area contributed by atoms with Gasteiger partial charge in [0.2, 0.25) is 0 Å². The maximum atomic E-state index is 11.7. The van der Waals surface area contributed by atoms with Crippen LogP contribution in [0.2, 0.25) is 0 Å². The van der Waals surface area contributed by atoms with E-state index in [9.17, 15) is 18.0 Å². The van der Waals surface area contributed by atoms with Crippen molar-refractivity contribution in [3.05, 3.63) is 12.0 Å². The molecule has 0 aliphatic carbocycles. The van der Waals surface area contributed by atoms with Gasteiger partial charge in [-0.2, -0.15) is 0 Å². The topological polar surface area (TPSA) is 110 Å². The molecule has 2 N–H and O–H groups in total. The summed E-state index contributed by atoms with van der Waals surface area (Å²) in [7, 11) is 2.57. The zero-order chi connectivity index (χ0) is 14.8. The number of aromatic nitrogens is 2. The van der Waals surface area contributed by atoms with Crippen molar-refractivity contribution in [2.24, 2.45) is 0 Å². The summed E-state index contributed by atoms with van der Waals surface area (Å²) in [6.45, 7) is 3.02. The lowest BCUT2D eigenvalue weighted by Crippen LogP contribution is -2.40. The Morgan fingerprint density at radius 1 is 1.47 bits per heavy atom. The van der Waals surface area contributed by atoms with Gasteiger partial charge in [-0.15, -0.1) is 0 Å². The van der Waals surface area contributed by atoms with Crippen LogP contribution in [0.3, 0.4) is 0 Å². The number of imidazole rings is 1. The molecule has 1 rings (SSSR count). The summed E-state index contributed by atoms with van der Waals surface area (Å²) in [5.41, 5.74) is 0. The van der Waals surface area contributed by atoms with Crippen molar-refractivity contribution in [1.29, 1.82) is 0 Å². The summed E-state index contributed by atoms with van der Waals surface area (Å²) in [5, 5.41) is 3.98. The first-order valence-electron chi connectivity index (χ1n) is 5.19. The molecule has 0 spiro atoms. The predicted octanol–water partition coefficient (Wildman–Crippen LogP) is 0.136. The van der Waals surface area contributed by atoms with E-state index >= 15 is 0 Å². The highest BCUT2D eigenvalue weighted by Crippen LogP contribution is 2.17. The van der Waals surface area contributed by atoms with Gasteiger partial charge in [-0.1, -0.05) is 0 Å². The minimum atomic E-state index is -3.96. The lowest BCUT2D eigenvalue weighted by molar-refractivity contribution is -0.122. The molecule has 0 saturated carbocycles. The number of carbonyl (C=O) groups excluding carboxylic acids is 2. The average Bonchev–Trinajstić information content (AvgIpc) is 2.69. The van der Waals surface area contributed by atoms with Crippen molar-refractivity contribution in [2.45, 2.75) is 24.9 Å². The van der Waals surface area contributed by atoms with E-state index in [4.69, 9.17) is 10.7 Å². The standard InChI is InChI=1S/C9H13ClN4O4S/c1-5(8(15)13-9(16)11-3)14-4-7(12-6(14)2)19(10,17)18/h4-5H,1-3H3,(H2,11,13,15,16). The Morgan fingerprint density at radius 3 is 2.47 bits per heavy atom. The fraction of sp³-hybridized carbons (Fsp3) is 0.444. The first kappa shape index (κ1) is 15.4. The maximum Gasteiger partial charge on any atom is 0.321 e. The highest BCUT2D eigenvalue weighted by atomic mass is 35.7. The zero-order valence-electron chi connectivity index (χ0n) is 10.5. The Morgan fingerprint density at radius 2 is 2.05 bits per heavy atom. The molecule has 0 fully saturated rings.